The molecule has 0 saturated carbocycles. The highest BCUT2D eigenvalue weighted by Crippen LogP contribution is 2.31. The van der Waals surface area contributed by atoms with E-state index in [2.05, 4.69) is 35.7 Å². The largest absolute Gasteiger partial charge is 0.378 e. The summed E-state index contributed by atoms with van der Waals surface area (Å²) in [6.45, 7) is 3.02. The van der Waals surface area contributed by atoms with E-state index in [1.807, 2.05) is 84.7 Å². The number of rotatable bonds is 7. The van der Waals surface area contributed by atoms with Gasteiger partial charge in [-0.25, -0.2) is 9.67 Å². The van der Waals surface area contributed by atoms with Crippen LogP contribution in [0, 0.1) is 0 Å². The molecular formula is C27H27N9O. The monoisotopic (exact) mass is 493 g/mol. The number of anilines is 5. The van der Waals surface area contributed by atoms with Gasteiger partial charge in [-0.05, 0) is 54.1 Å². The molecule has 4 heterocycles. The highest BCUT2D eigenvalue weighted by atomic mass is 16.5. The maximum Gasteiger partial charge on any atom is 0.245 e. The van der Waals surface area contributed by atoms with Crippen LogP contribution in [0.25, 0.3) is 16.8 Å². The first-order valence-corrected chi connectivity index (χ1v) is 12.2. The van der Waals surface area contributed by atoms with E-state index in [-0.39, 0.29) is 0 Å². The second-order valence-corrected chi connectivity index (χ2v) is 8.71. The fraction of sp³-hybridized carbons (Fsp3) is 0.185. The van der Waals surface area contributed by atoms with Gasteiger partial charge in [-0.15, -0.1) is 5.10 Å². The summed E-state index contributed by atoms with van der Waals surface area (Å²) in [5.74, 6) is 2.38. The predicted molar refractivity (Wildman–Crippen MR) is 144 cm³/mol. The van der Waals surface area contributed by atoms with Crippen molar-refractivity contribution in [1.82, 2.24) is 29.5 Å². The number of pyridine rings is 1. The van der Waals surface area contributed by atoms with Crippen molar-refractivity contribution in [2.75, 3.05) is 41.8 Å². The summed E-state index contributed by atoms with van der Waals surface area (Å²) in [4.78, 5) is 11.1. The van der Waals surface area contributed by atoms with Crippen LogP contribution >= 0.6 is 0 Å². The maximum absolute atomic E-state index is 5.41. The van der Waals surface area contributed by atoms with Crippen molar-refractivity contribution in [2.45, 2.75) is 0 Å². The van der Waals surface area contributed by atoms with E-state index < -0.39 is 0 Å². The van der Waals surface area contributed by atoms with Crippen LogP contribution in [-0.2, 0) is 11.8 Å². The van der Waals surface area contributed by atoms with Crippen molar-refractivity contribution in [3.05, 3.63) is 85.5 Å². The molecule has 3 aromatic heterocycles. The van der Waals surface area contributed by atoms with Gasteiger partial charge in [0, 0.05) is 43.3 Å². The number of nitrogens with one attached hydrogen (secondary N) is 2. The fourth-order valence-electron chi connectivity index (χ4n) is 4.25. The SMILES string of the molecule is Cn1ncc(-c2ccnc(Nc3ccc(-n4cnc(N5CCOCC5)n4)cc3)c2)c1Nc1ccccc1. The first-order valence-electron chi connectivity index (χ1n) is 12.2. The van der Waals surface area contributed by atoms with E-state index >= 15 is 0 Å². The van der Waals surface area contributed by atoms with Crippen LogP contribution in [0.2, 0.25) is 0 Å². The molecule has 186 valence electrons. The summed E-state index contributed by atoms with van der Waals surface area (Å²) in [6, 6.07) is 22.1. The Morgan fingerprint density at radius 3 is 2.46 bits per heavy atom. The number of aryl methyl sites for hydroxylation is 1. The standard InChI is InChI=1S/C27H27N9O/c1-34-26(32-21-5-3-2-4-6-21)24(18-30-34)20-11-12-28-25(17-20)31-22-7-9-23(10-8-22)36-19-29-27(33-36)35-13-15-37-16-14-35/h2-12,17-19,32H,13-16H2,1H3,(H,28,31). The molecule has 0 radical (unpaired) electrons. The number of ether oxygens (including phenoxy) is 1. The lowest BCUT2D eigenvalue weighted by Gasteiger charge is -2.25. The van der Waals surface area contributed by atoms with Gasteiger partial charge in [0.25, 0.3) is 0 Å². The second kappa shape index (κ2) is 10.1. The second-order valence-electron chi connectivity index (χ2n) is 8.71. The van der Waals surface area contributed by atoms with Crippen LogP contribution in [0.15, 0.2) is 85.5 Å². The van der Waals surface area contributed by atoms with Crippen molar-refractivity contribution in [1.29, 1.82) is 0 Å². The number of hydrogen-bond donors (Lipinski definition) is 2. The van der Waals surface area contributed by atoms with Gasteiger partial charge in [-0.1, -0.05) is 18.2 Å². The number of morpholine rings is 1. The van der Waals surface area contributed by atoms with Crippen LogP contribution < -0.4 is 15.5 Å². The lowest BCUT2D eigenvalue weighted by Crippen LogP contribution is -2.37. The molecule has 6 rings (SSSR count). The third kappa shape index (κ3) is 5.00. The zero-order valence-corrected chi connectivity index (χ0v) is 20.5. The molecule has 2 N–H and O–H groups in total. The number of aromatic nitrogens is 6. The summed E-state index contributed by atoms with van der Waals surface area (Å²) >= 11 is 0. The van der Waals surface area contributed by atoms with E-state index in [4.69, 9.17) is 4.74 Å². The molecule has 1 fully saturated rings. The normalized spacial score (nSPS) is 13.5. The molecule has 5 aromatic rings. The molecule has 0 amide bonds. The van der Waals surface area contributed by atoms with Crippen LogP contribution in [0.3, 0.4) is 0 Å². The zero-order chi connectivity index (χ0) is 25.0. The van der Waals surface area contributed by atoms with Gasteiger partial charge in [0.1, 0.15) is 18.0 Å². The molecule has 37 heavy (non-hydrogen) atoms. The number of benzene rings is 2. The molecule has 10 heteroatoms. The number of para-hydroxylation sites is 1. The molecule has 10 nitrogen and oxygen atoms in total. The number of nitrogens with zero attached hydrogens (tertiary/aromatic N) is 7. The molecule has 2 aromatic carbocycles. The first-order chi connectivity index (χ1) is 18.2. The Kier molecular flexibility index (Phi) is 6.22. The highest BCUT2D eigenvalue weighted by Gasteiger charge is 2.16. The molecule has 0 atom stereocenters. The van der Waals surface area contributed by atoms with Gasteiger partial charge in [-0.2, -0.15) is 10.1 Å². The number of hydrogen-bond acceptors (Lipinski definition) is 8. The summed E-state index contributed by atoms with van der Waals surface area (Å²) < 4.78 is 9.04. The van der Waals surface area contributed by atoms with Crippen LogP contribution in [0.1, 0.15) is 0 Å². The van der Waals surface area contributed by atoms with Crippen LogP contribution in [0.5, 0.6) is 0 Å². The lowest BCUT2D eigenvalue weighted by atomic mass is 10.1. The van der Waals surface area contributed by atoms with Gasteiger partial charge in [0.05, 0.1) is 25.1 Å². The molecular weight excluding hydrogens is 466 g/mol. The third-order valence-corrected chi connectivity index (χ3v) is 6.22. The maximum atomic E-state index is 5.41. The average molecular weight is 494 g/mol. The van der Waals surface area contributed by atoms with Gasteiger partial charge in [-0.3, -0.25) is 4.68 Å². The summed E-state index contributed by atoms with van der Waals surface area (Å²) in [5, 5.41) is 16.0. The molecule has 1 aliphatic rings. The quantitative estimate of drug-likeness (QED) is 0.345. The Balaban J connectivity index is 1.17. The minimum absolute atomic E-state index is 0.704. The van der Waals surface area contributed by atoms with E-state index in [0.29, 0.717) is 13.2 Å². The minimum Gasteiger partial charge on any atom is -0.378 e. The van der Waals surface area contributed by atoms with Gasteiger partial charge in [0.2, 0.25) is 5.95 Å². The van der Waals surface area contributed by atoms with E-state index in [1.165, 1.54) is 0 Å². The zero-order valence-electron chi connectivity index (χ0n) is 20.5. The minimum atomic E-state index is 0.704. The smallest absolute Gasteiger partial charge is 0.245 e. The molecule has 0 aliphatic carbocycles. The van der Waals surface area contributed by atoms with E-state index in [0.717, 1.165) is 58.9 Å². The van der Waals surface area contributed by atoms with E-state index in [9.17, 15) is 0 Å². The Bertz CT molecular complexity index is 1470. The Morgan fingerprint density at radius 2 is 1.65 bits per heavy atom. The van der Waals surface area contributed by atoms with Crippen LogP contribution in [0.4, 0.5) is 29.0 Å². The fourth-order valence-corrected chi connectivity index (χ4v) is 4.25. The van der Waals surface area contributed by atoms with E-state index in [1.54, 1.807) is 17.2 Å². The third-order valence-electron chi connectivity index (χ3n) is 6.22. The molecule has 0 unspecified atom stereocenters. The van der Waals surface area contributed by atoms with Gasteiger partial charge < -0.3 is 20.3 Å². The molecule has 1 saturated heterocycles. The average Bonchev–Trinajstić information content (AvgIpc) is 3.58. The van der Waals surface area contributed by atoms with Gasteiger partial charge in [0.15, 0.2) is 0 Å². The van der Waals surface area contributed by atoms with Crippen LogP contribution in [-0.4, -0.2) is 55.8 Å². The van der Waals surface area contributed by atoms with Gasteiger partial charge >= 0.3 is 0 Å². The summed E-state index contributed by atoms with van der Waals surface area (Å²) in [6.07, 6.45) is 5.41. The lowest BCUT2D eigenvalue weighted by molar-refractivity contribution is 0.122. The first kappa shape index (κ1) is 22.7. The van der Waals surface area contributed by atoms with Crippen molar-refractivity contribution >= 4 is 29.0 Å². The van der Waals surface area contributed by atoms with Crippen molar-refractivity contribution in [3.8, 4) is 16.8 Å². The Labute approximate surface area is 214 Å². The van der Waals surface area contributed by atoms with Crippen molar-refractivity contribution in [2.24, 2.45) is 7.05 Å². The highest BCUT2D eigenvalue weighted by molar-refractivity contribution is 5.79. The molecule has 1 aliphatic heterocycles. The summed E-state index contributed by atoms with van der Waals surface area (Å²) in [7, 11) is 1.93. The van der Waals surface area contributed by atoms with Crippen molar-refractivity contribution < 1.29 is 4.74 Å². The summed E-state index contributed by atoms with van der Waals surface area (Å²) in [5.41, 5.74) is 4.87. The Hall–Kier alpha value is -4.70. The molecule has 0 bridgehead atoms. The molecule has 0 spiro atoms. The Morgan fingerprint density at radius 1 is 0.865 bits per heavy atom. The topological polar surface area (TPSA) is 98.0 Å². The van der Waals surface area contributed by atoms with Crippen molar-refractivity contribution in [3.63, 3.8) is 0 Å². The predicted octanol–water partition coefficient (Wildman–Crippen LogP) is 4.39.